The monoisotopic (exact) mass is 258 g/mol. The Labute approximate surface area is 117 Å². The van der Waals surface area contributed by atoms with E-state index in [-0.39, 0.29) is 0 Å². The van der Waals surface area contributed by atoms with Gasteiger partial charge in [0.1, 0.15) is 0 Å². The number of rotatable bonds is 6. The number of aromatic nitrogens is 1. The van der Waals surface area contributed by atoms with E-state index in [1.807, 2.05) is 12.4 Å². The predicted molar refractivity (Wildman–Crippen MR) is 81.2 cm³/mol. The third kappa shape index (κ3) is 4.79. The number of hydrogen-bond donors (Lipinski definition) is 1. The molecule has 1 atom stereocenters. The minimum absolute atomic E-state index is 0.566. The highest BCUT2D eigenvalue weighted by atomic mass is 14.9. The highest BCUT2D eigenvalue weighted by molar-refractivity contribution is 5.15. The number of allylic oxidation sites excluding steroid dienone is 1. The number of pyridine rings is 1. The largest absolute Gasteiger partial charge is 0.311 e. The Morgan fingerprint density at radius 2 is 2.05 bits per heavy atom. The van der Waals surface area contributed by atoms with Gasteiger partial charge in [-0.25, -0.2) is 0 Å². The Bertz CT molecular complexity index is 384. The van der Waals surface area contributed by atoms with Crippen LogP contribution >= 0.6 is 0 Å². The Morgan fingerprint density at radius 3 is 2.84 bits per heavy atom. The molecular formula is C17H26N2. The molecule has 2 heteroatoms. The Morgan fingerprint density at radius 1 is 1.21 bits per heavy atom. The van der Waals surface area contributed by atoms with Gasteiger partial charge in [-0.2, -0.15) is 0 Å². The van der Waals surface area contributed by atoms with Crippen LogP contribution in [0.15, 0.2) is 36.2 Å². The number of hydrogen-bond acceptors (Lipinski definition) is 2. The molecule has 1 unspecified atom stereocenters. The second-order valence-electron chi connectivity index (χ2n) is 5.38. The molecule has 104 valence electrons. The van der Waals surface area contributed by atoms with Crippen LogP contribution in [0.25, 0.3) is 0 Å². The molecule has 2 nitrogen and oxygen atoms in total. The minimum atomic E-state index is 0.566. The Hall–Kier alpha value is -1.15. The molecule has 0 saturated heterocycles. The molecule has 0 saturated carbocycles. The van der Waals surface area contributed by atoms with E-state index in [9.17, 15) is 0 Å². The fraction of sp³-hybridized carbons (Fsp3) is 0.588. The van der Waals surface area contributed by atoms with E-state index >= 15 is 0 Å². The van der Waals surface area contributed by atoms with Crippen LogP contribution in [0.2, 0.25) is 0 Å². The molecule has 0 bridgehead atoms. The van der Waals surface area contributed by atoms with Gasteiger partial charge in [-0.3, -0.25) is 4.98 Å². The summed E-state index contributed by atoms with van der Waals surface area (Å²) in [6.07, 6.45) is 15.3. The number of nitrogens with zero attached hydrogens (tertiary/aromatic N) is 1. The first-order valence-electron chi connectivity index (χ1n) is 7.71. The van der Waals surface area contributed by atoms with Gasteiger partial charge in [0, 0.05) is 18.4 Å². The molecule has 0 aliphatic heterocycles. The van der Waals surface area contributed by atoms with Crippen molar-refractivity contribution in [3.8, 4) is 0 Å². The lowest BCUT2D eigenvalue weighted by Crippen LogP contribution is -2.31. The third-order valence-corrected chi connectivity index (χ3v) is 3.95. The molecule has 19 heavy (non-hydrogen) atoms. The van der Waals surface area contributed by atoms with Crippen LogP contribution in [0.1, 0.15) is 51.0 Å². The number of nitrogens with one attached hydrogen (secondary N) is 1. The van der Waals surface area contributed by atoms with Gasteiger partial charge in [-0.1, -0.05) is 25.0 Å². The molecule has 1 heterocycles. The molecule has 1 aromatic rings. The summed E-state index contributed by atoms with van der Waals surface area (Å²) in [5, 5.41) is 3.67. The smallest absolute Gasteiger partial charge is 0.0282 e. The molecule has 0 fully saturated rings. The lowest BCUT2D eigenvalue weighted by Gasteiger charge is -2.21. The summed E-state index contributed by atoms with van der Waals surface area (Å²) in [7, 11) is 0. The molecule has 0 spiro atoms. The van der Waals surface area contributed by atoms with Crippen molar-refractivity contribution >= 4 is 0 Å². The SMILES string of the molecule is CCNC(CCc1ccncc1)C1=CCCCCC1. The molecule has 1 N–H and O–H groups in total. The summed E-state index contributed by atoms with van der Waals surface area (Å²) in [6.45, 7) is 3.26. The van der Waals surface area contributed by atoms with Gasteiger partial charge in [0.2, 0.25) is 0 Å². The molecule has 0 aromatic carbocycles. The molecule has 0 radical (unpaired) electrons. The van der Waals surface area contributed by atoms with Gasteiger partial charge in [0.25, 0.3) is 0 Å². The summed E-state index contributed by atoms with van der Waals surface area (Å²) in [5.74, 6) is 0. The van der Waals surface area contributed by atoms with Gasteiger partial charge in [0.15, 0.2) is 0 Å². The molecular weight excluding hydrogens is 232 g/mol. The van der Waals surface area contributed by atoms with E-state index in [0.29, 0.717) is 6.04 Å². The van der Waals surface area contributed by atoms with Gasteiger partial charge >= 0.3 is 0 Å². The number of aryl methyl sites for hydroxylation is 1. The maximum atomic E-state index is 4.08. The van der Waals surface area contributed by atoms with E-state index in [0.717, 1.165) is 13.0 Å². The Balaban J connectivity index is 1.93. The predicted octanol–water partition coefficient (Wildman–Crippen LogP) is 3.88. The average molecular weight is 258 g/mol. The van der Waals surface area contributed by atoms with Crippen molar-refractivity contribution in [3.05, 3.63) is 41.7 Å². The molecule has 0 amide bonds. The van der Waals surface area contributed by atoms with E-state index < -0.39 is 0 Å². The summed E-state index contributed by atoms with van der Waals surface area (Å²) in [5.41, 5.74) is 3.04. The maximum absolute atomic E-state index is 4.08. The van der Waals surface area contributed by atoms with Crippen molar-refractivity contribution in [1.29, 1.82) is 0 Å². The lowest BCUT2D eigenvalue weighted by molar-refractivity contribution is 0.531. The fourth-order valence-corrected chi connectivity index (χ4v) is 2.88. The first-order chi connectivity index (χ1) is 9.40. The second-order valence-corrected chi connectivity index (χ2v) is 5.38. The van der Waals surface area contributed by atoms with Crippen LogP contribution in [-0.4, -0.2) is 17.6 Å². The first-order valence-corrected chi connectivity index (χ1v) is 7.71. The zero-order valence-corrected chi connectivity index (χ0v) is 12.1. The van der Waals surface area contributed by atoms with Crippen LogP contribution in [0.4, 0.5) is 0 Å². The van der Waals surface area contributed by atoms with Crippen molar-refractivity contribution < 1.29 is 0 Å². The second kappa shape index (κ2) is 8.11. The summed E-state index contributed by atoms with van der Waals surface area (Å²) >= 11 is 0. The van der Waals surface area contributed by atoms with Crippen LogP contribution in [0.3, 0.4) is 0 Å². The van der Waals surface area contributed by atoms with Crippen LogP contribution in [0, 0.1) is 0 Å². The van der Waals surface area contributed by atoms with Crippen LogP contribution in [-0.2, 0) is 6.42 Å². The standard InChI is InChI=1S/C17H26N2/c1-2-19-17(16-7-5-3-4-6-8-16)10-9-15-11-13-18-14-12-15/h7,11-14,17,19H,2-6,8-10H2,1H3. The minimum Gasteiger partial charge on any atom is -0.311 e. The summed E-state index contributed by atoms with van der Waals surface area (Å²) in [4.78, 5) is 4.08. The number of likely N-dealkylation sites (N-methyl/N-ethyl adjacent to an activating group) is 1. The van der Waals surface area contributed by atoms with Crippen molar-refractivity contribution in [2.75, 3.05) is 6.54 Å². The highest BCUT2D eigenvalue weighted by Gasteiger charge is 2.14. The van der Waals surface area contributed by atoms with E-state index in [1.54, 1.807) is 5.57 Å². The highest BCUT2D eigenvalue weighted by Crippen LogP contribution is 2.22. The quantitative estimate of drug-likeness (QED) is 0.783. The van der Waals surface area contributed by atoms with Crippen molar-refractivity contribution in [1.82, 2.24) is 10.3 Å². The zero-order valence-electron chi connectivity index (χ0n) is 12.1. The van der Waals surface area contributed by atoms with Crippen molar-refractivity contribution in [2.45, 2.75) is 57.9 Å². The van der Waals surface area contributed by atoms with Gasteiger partial charge in [-0.15, -0.1) is 0 Å². The lowest BCUT2D eigenvalue weighted by atomic mass is 9.96. The fourth-order valence-electron chi connectivity index (χ4n) is 2.88. The van der Waals surface area contributed by atoms with Gasteiger partial charge in [0.05, 0.1) is 0 Å². The maximum Gasteiger partial charge on any atom is 0.0282 e. The van der Waals surface area contributed by atoms with E-state index in [1.165, 1.54) is 44.1 Å². The Kier molecular flexibility index (Phi) is 6.09. The molecule has 1 aliphatic rings. The molecule has 1 aromatic heterocycles. The van der Waals surface area contributed by atoms with Crippen LogP contribution in [0.5, 0.6) is 0 Å². The van der Waals surface area contributed by atoms with Gasteiger partial charge < -0.3 is 5.32 Å². The van der Waals surface area contributed by atoms with Gasteiger partial charge in [-0.05, 0) is 62.8 Å². The first kappa shape index (κ1) is 14.3. The van der Waals surface area contributed by atoms with Crippen molar-refractivity contribution in [3.63, 3.8) is 0 Å². The summed E-state index contributed by atoms with van der Waals surface area (Å²) < 4.78 is 0. The summed E-state index contributed by atoms with van der Waals surface area (Å²) in [6, 6.07) is 4.82. The van der Waals surface area contributed by atoms with E-state index in [4.69, 9.17) is 0 Å². The topological polar surface area (TPSA) is 24.9 Å². The normalized spacial score (nSPS) is 17.6. The zero-order chi connectivity index (χ0) is 13.3. The molecule has 1 aliphatic carbocycles. The average Bonchev–Trinajstić information content (AvgIpc) is 2.73. The molecule has 2 rings (SSSR count). The van der Waals surface area contributed by atoms with E-state index in [2.05, 4.69) is 35.4 Å². The van der Waals surface area contributed by atoms with Crippen LogP contribution < -0.4 is 5.32 Å². The van der Waals surface area contributed by atoms with Crippen molar-refractivity contribution in [2.24, 2.45) is 0 Å². The third-order valence-electron chi connectivity index (χ3n) is 3.95.